The molecule has 0 bridgehead atoms. The van der Waals surface area contributed by atoms with Gasteiger partial charge in [0.05, 0.1) is 11.9 Å². The molecule has 0 aliphatic carbocycles. The van der Waals surface area contributed by atoms with Crippen LogP contribution in [0, 0.1) is 0 Å². The summed E-state index contributed by atoms with van der Waals surface area (Å²) >= 11 is 0. The van der Waals surface area contributed by atoms with E-state index in [9.17, 15) is 4.79 Å². The summed E-state index contributed by atoms with van der Waals surface area (Å²) in [6.45, 7) is 0. The van der Waals surface area contributed by atoms with Crippen LogP contribution < -0.4 is 0 Å². The molecule has 0 N–H and O–H groups in total. The highest BCUT2D eigenvalue weighted by Crippen LogP contribution is 2.07. The third-order valence-electron chi connectivity index (χ3n) is 1.79. The van der Waals surface area contributed by atoms with Gasteiger partial charge in [-0.2, -0.15) is 5.10 Å². The molecule has 3 nitrogen and oxygen atoms in total. The van der Waals surface area contributed by atoms with Crippen molar-refractivity contribution in [3.63, 3.8) is 0 Å². The summed E-state index contributed by atoms with van der Waals surface area (Å²) < 4.78 is 1.60. The number of carbonyl (C=O) groups is 1. The first-order valence-electron chi connectivity index (χ1n) is 3.96. The Hall–Kier alpha value is -1.90. The van der Waals surface area contributed by atoms with E-state index in [1.54, 1.807) is 16.9 Å². The van der Waals surface area contributed by atoms with E-state index in [2.05, 4.69) is 5.10 Å². The highest BCUT2D eigenvalue weighted by atomic mass is 16.1. The van der Waals surface area contributed by atoms with Gasteiger partial charge in [0.15, 0.2) is 6.29 Å². The van der Waals surface area contributed by atoms with E-state index >= 15 is 0 Å². The fourth-order valence-corrected chi connectivity index (χ4v) is 1.19. The maximum absolute atomic E-state index is 10.6. The molecule has 2 rings (SSSR count). The lowest BCUT2D eigenvalue weighted by Gasteiger charge is -2.01. The van der Waals surface area contributed by atoms with Crippen LogP contribution >= 0.6 is 0 Å². The first-order chi connectivity index (χ1) is 6.42. The first kappa shape index (κ1) is 7.73. The smallest absolute Gasteiger partial charge is 0.168 e. The van der Waals surface area contributed by atoms with Crippen molar-refractivity contribution in [1.82, 2.24) is 9.78 Å². The normalized spacial score (nSPS) is 9.85. The standard InChI is InChI=1S/C10H8N2O/c13-8-10-6-7-11-12(10)9-4-2-1-3-5-9/h1-8H. The third kappa shape index (κ3) is 1.36. The molecule has 0 unspecified atom stereocenters. The van der Waals surface area contributed by atoms with Gasteiger partial charge in [-0.05, 0) is 18.2 Å². The Morgan fingerprint density at radius 2 is 1.92 bits per heavy atom. The van der Waals surface area contributed by atoms with Gasteiger partial charge in [0.1, 0.15) is 5.69 Å². The summed E-state index contributed by atoms with van der Waals surface area (Å²) in [7, 11) is 0. The van der Waals surface area contributed by atoms with Gasteiger partial charge in [-0.3, -0.25) is 4.79 Å². The van der Waals surface area contributed by atoms with Gasteiger partial charge in [-0.15, -0.1) is 0 Å². The van der Waals surface area contributed by atoms with Crippen molar-refractivity contribution in [1.29, 1.82) is 0 Å². The molecule has 0 radical (unpaired) electrons. The van der Waals surface area contributed by atoms with E-state index in [-0.39, 0.29) is 0 Å². The second kappa shape index (κ2) is 3.23. The molecule has 13 heavy (non-hydrogen) atoms. The number of carbonyl (C=O) groups excluding carboxylic acids is 1. The molecule has 0 saturated heterocycles. The van der Waals surface area contributed by atoms with E-state index in [0.29, 0.717) is 5.69 Å². The highest BCUT2D eigenvalue weighted by molar-refractivity contribution is 5.73. The van der Waals surface area contributed by atoms with E-state index < -0.39 is 0 Å². The fourth-order valence-electron chi connectivity index (χ4n) is 1.19. The lowest BCUT2D eigenvalue weighted by Crippen LogP contribution is -2.00. The van der Waals surface area contributed by atoms with Crippen LogP contribution in [-0.4, -0.2) is 16.1 Å². The zero-order chi connectivity index (χ0) is 9.10. The van der Waals surface area contributed by atoms with E-state index in [4.69, 9.17) is 0 Å². The lowest BCUT2D eigenvalue weighted by atomic mass is 10.3. The minimum atomic E-state index is 0.561. The Kier molecular flexibility index (Phi) is 1.92. The van der Waals surface area contributed by atoms with Gasteiger partial charge in [0.25, 0.3) is 0 Å². The molecule has 1 heterocycles. The Morgan fingerprint density at radius 1 is 1.15 bits per heavy atom. The zero-order valence-corrected chi connectivity index (χ0v) is 6.92. The van der Waals surface area contributed by atoms with E-state index in [0.717, 1.165) is 12.0 Å². The molecule has 1 aromatic heterocycles. The summed E-state index contributed by atoms with van der Waals surface area (Å²) in [5, 5.41) is 4.04. The van der Waals surface area contributed by atoms with E-state index in [1.165, 1.54) is 0 Å². The third-order valence-corrected chi connectivity index (χ3v) is 1.79. The summed E-state index contributed by atoms with van der Waals surface area (Å²) in [6.07, 6.45) is 2.40. The molecule has 0 atom stereocenters. The van der Waals surface area contributed by atoms with Gasteiger partial charge in [-0.25, -0.2) is 4.68 Å². The number of para-hydroxylation sites is 1. The number of aldehydes is 1. The highest BCUT2D eigenvalue weighted by Gasteiger charge is 2.01. The second-order valence-electron chi connectivity index (χ2n) is 2.62. The molecule has 3 heteroatoms. The molecular weight excluding hydrogens is 164 g/mol. The predicted octanol–water partition coefficient (Wildman–Crippen LogP) is 1.68. The first-order valence-corrected chi connectivity index (χ1v) is 3.96. The molecule has 0 saturated carbocycles. The number of aromatic nitrogens is 2. The fraction of sp³-hybridized carbons (Fsp3) is 0. The number of hydrogen-bond acceptors (Lipinski definition) is 2. The number of hydrogen-bond donors (Lipinski definition) is 0. The van der Waals surface area contributed by atoms with Crippen LogP contribution in [0.25, 0.3) is 5.69 Å². The average Bonchev–Trinajstić information content (AvgIpc) is 2.67. The monoisotopic (exact) mass is 172 g/mol. The second-order valence-corrected chi connectivity index (χ2v) is 2.62. The van der Waals surface area contributed by atoms with Crippen LogP contribution in [0.5, 0.6) is 0 Å². The zero-order valence-electron chi connectivity index (χ0n) is 6.92. The van der Waals surface area contributed by atoms with Crippen molar-refractivity contribution in [2.45, 2.75) is 0 Å². The van der Waals surface area contributed by atoms with Gasteiger partial charge in [-0.1, -0.05) is 18.2 Å². The van der Waals surface area contributed by atoms with Crippen LogP contribution in [-0.2, 0) is 0 Å². The quantitative estimate of drug-likeness (QED) is 0.646. The molecule has 0 spiro atoms. The minimum absolute atomic E-state index is 0.561. The topological polar surface area (TPSA) is 34.9 Å². The molecule has 1 aromatic carbocycles. The molecule has 2 aromatic rings. The van der Waals surface area contributed by atoms with Crippen molar-refractivity contribution in [2.75, 3.05) is 0 Å². The van der Waals surface area contributed by atoms with E-state index in [1.807, 2.05) is 30.3 Å². The molecule has 0 aliphatic heterocycles. The summed E-state index contributed by atoms with van der Waals surface area (Å²) in [5.41, 5.74) is 1.46. The number of rotatable bonds is 2. The van der Waals surface area contributed by atoms with Crippen LogP contribution in [0.1, 0.15) is 10.5 Å². The Bertz CT molecular complexity index is 406. The van der Waals surface area contributed by atoms with Crippen LogP contribution in [0.2, 0.25) is 0 Å². The maximum Gasteiger partial charge on any atom is 0.168 e. The van der Waals surface area contributed by atoms with Crippen molar-refractivity contribution in [2.24, 2.45) is 0 Å². The van der Waals surface area contributed by atoms with Gasteiger partial charge < -0.3 is 0 Å². The number of benzene rings is 1. The summed E-state index contributed by atoms with van der Waals surface area (Å²) in [5.74, 6) is 0. The molecule has 0 aliphatic rings. The molecule has 0 amide bonds. The molecule has 0 fully saturated rings. The van der Waals surface area contributed by atoms with Crippen molar-refractivity contribution in [3.8, 4) is 5.69 Å². The summed E-state index contributed by atoms with van der Waals surface area (Å²) in [6, 6.07) is 11.2. The maximum atomic E-state index is 10.6. The number of nitrogens with zero attached hydrogens (tertiary/aromatic N) is 2. The predicted molar refractivity (Wildman–Crippen MR) is 49.0 cm³/mol. The average molecular weight is 172 g/mol. The SMILES string of the molecule is O=Cc1ccnn1-c1ccccc1. The van der Waals surface area contributed by atoms with Crippen molar-refractivity contribution in [3.05, 3.63) is 48.3 Å². The lowest BCUT2D eigenvalue weighted by molar-refractivity contribution is 0.111. The summed E-state index contributed by atoms with van der Waals surface area (Å²) in [4.78, 5) is 10.6. The van der Waals surface area contributed by atoms with Crippen LogP contribution in [0.4, 0.5) is 0 Å². The Labute approximate surface area is 75.6 Å². The molecule has 64 valence electrons. The van der Waals surface area contributed by atoms with Gasteiger partial charge in [0.2, 0.25) is 0 Å². The van der Waals surface area contributed by atoms with Crippen LogP contribution in [0.3, 0.4) is 0 Å². The Morgan fingerprint density at radius 3 is 2.62 bits per heavy atom. The largest absolute Gasteiger partial charge is 0.296 e. The van der Waals surface area contributed by atoms with Crippen molar-refractivity contribution >= 4 is 6.29 Å². The van der Waals surface area contributed by atoms with Crippen LogP contribution in [0.15, 0.2) is 42.6 Å². The van der Waals surface area contributed by atoms with Gasteiger partial charge in [0, 0.05) is 0 Å². The van der Waals surface area contributed by atoms with Crippen molar-refractivity contribution < 1.29 is 4.79 Å². The van der Waals surface area contributed by atoms with Gasteiger partial charge >= 0.3 is 0 Å². The Balaban J connectivity index is 2.52. The minimum Gasteiger partial charge on any atom is -0.296 e. The molecular formula is C10H8N2O.